The van der Waals surface area contributed by atoms with Crippen molar-refractivity contribution in [2.45, 2.75) is 70.9 Å². The lowest BCUT2D eigenvalue weighted by atomic mass is 9.76. The predicted octanol–water partition coefficient (Wildman–Crippen LogP) is 2.13. The summed E-state index contributed by atoms with van der Waals surface area (Å²) >= 11 is 0. The fourth-order valence-electron chi connectivity index (χ4n) is 3.31. The second-order valence-corrected chi connectivity index (χ2v) is 7.96. The first-order valence-electron chi connectivity index (χ1n) is 8.39. The molecule has 0 radical (unpaired) electrons. The van der Waals surface area contributed by atoms with Crippen molar-refractivity contribution in [3.63, 3.8) is 0 Å². The molecule has 0 aliphatic heterocycles. The smallest absolute Gasteiger partial charge is 0.351 e. The molecule has 1 aliphatic rings. The minimum atomic E-state index is -0.836. The summed E-state index contributed by atoms with van der Waals surface area (Å²) in [5, 5.41) is 15.3. The molecule has 3 rings (SSSR count). The van der Waals surface area contributed by atoms with E-state index in [1.807, 2.05) is 6.07 Å². The molecule has 126 valence electrons. The Hall–Kier alpha value is -1.69. The van der Waals surface area contributed by atoms with Gasteiger partial charge in [0, 0.05) is 11.5 Å². The summed E-state index contributed by atoms with van der Waals surface area (Å²) in [6.45, 7) is 8.50. The number of aliphatic hydroxyl groups is 1. The highest BCUT2D eigenvalue weighted by Crippen LogP contribution is 2.34. The van der Waals surface area contributed by atoms with Gasteiger partial charge in [-0.1, -0.05) is 40.5 Å². The standard InChI is InChI=1S/C17H26N4O2/c1-12-7-5-6-8-17(12,23)10-20-11-18-14-9-13(16(2,3)4)19-21(14)15(20)22/h9,11-12,23H,5-8,10H2,1-4H3. The average molecular weight is 318 g/mol. The lowest BCUT2D eigenvalue weighted by Gasteiger charge is -2.38. The first-order valence-corrected chi connectivity index (χ1v) is 8.39. The summed E-state index contributed by atoms with van der Waals surface area (Å²) in [6.07, 6.45) is 5.40. The van der Waals surface area contributed by atoms with Crippen LogP contribution in [0.5, 0.6) is 0 Å². The van der Waals surface area contributed by atoms with Crippen LogP contribution in [0.15, 0.2) is 17.2 Å². The van der Waals surface area contributed by atoms with Crippen LogP contribution in [0, 0.1) is 5.92 Å². The Labute approximate surface area is 136 Å². The molecule has 1 fully saturated rings. The SMILES string of the molecule is CC1CCCCC1(O)Cn1cnc2cc(C(C)(C)C)nn2c1=O. The monoisotopic (exact) mass is 318 g/mol. The van der Waals surface area contributed by atoms with Gasteiger partial charge in [-0.15, -0.1) is 0 Å². The van der Waals surface area contributed by atoms with E-state index in [-0.39, 0.29) is 23.6 Å². The Bertz CT molecular complexity index is 771. The Kier molecular flexibility index (Phi) is 3.83. The van der Waals surface area contributed by atoms with E-state index < -0.39 is 5.60 Å². The number of hydrogen-bond donors (Lipinski definition) is 1. The largest absolute Gasteiger partial charge is 0.388 e. The zero-order valence-corrected chi connectivity index (χ0v) is 14.4. The molecule has 1 aliphatic carbocycles. The van der Waals surface area contributed by atoms with E-state index in [4.69, 9.17) is 0 Å². The molecule has 0 spiro atoms. The maximum atomic E-state index is 12.7. The van der Waals surface area contributed by atoms with Crippen LogP contribution in [-0.4, -0.2) is 29.9 Å². The second kappa shape index (κ2) is 5.44. The maximum absolute atomic E-state index is 12.7. The van der Waals surface area contributed by atoms with Gasteiger partial charge in [-0.2, -0.15) is 9.61 Å². The Balaban J connectivity index is 1.99. The Morgan fingerprint density at radius 1 is 1.39 bits per heavy atom. The van der Waals surface area contributed by atoms with E-state index in [1.54, 1.807) is 0 Å². The molecule has 2 unspecified atom stereocenters. The van der Waals surface area contributed by atoms with Crippen molar-refractivity contribution in [2.24, 2.45) is 5.92 Å². The highest BCUT2D eigenvalue weighted by molar-refractivity contribution is 5.39. The Morgan fingerprint density at radius 2 is 2.13 bits per heavy atom. The van der Waals surface area contributed by atoms with Gasteiger partial charge in [-0.05, 0) is 18.8 Å². The number of hydrogen-bond acceptors (Lipinski definition) is 4. The predicted molar refractivity (Wildman–Crippen MR) is 88.5 cm³/mol. The zero-order chi connectivity index (χ0) is 16.8. The van der Waals surface area contributed by atoms with E-state index in [0.29, 0.717) is 5.65 Å². The van der Waals surface area contributed by atoms with Crippen molar-refractivity contribution in [2.75, 3.05) is 0 Å². The molecule has 2 heterocycles. The van der Waals surface area contributed by atoms with Crippen LogP contribution in [0.25, 0.3) is 5.65 Å². The molecule has 1 N–H and O–H groups in total. The molecule has 2 aromatic heterocycles. The molecule has 0 bridgehead atoms. The van der Waals surface area contributed by atoms with E-state index in [0.717, 1.165) is 31.4 Å². The molecule has 6 heteroatoms. The van der Waals surface area contributed by atoms with Gasteiger partial charge in [0.15, 0.2) is 5.65 Å². The average Bonchev–Trinajstić information content (AvgIpc) is 2.91. The third-order valence-corrected chi connectivity index (χ3v) is 5.07. The third-order valence-electron chi connectivity index (χ3n) is 5.07. The fraction of sp³-hybridized carbons (Fsp3) is 0.706. The topological polar surface area (TPSA) is 72.4 Å². The van der Waals surface area contributed by atoms with Gasteiger partial charge < -0.3 is 5.11 Å². The summed E-state index contributed by atoms with van der Waals surface area (Å²) in [5.41, 5.74) is 0.180. The van der Waals surface area contributed by atoms with Crippen molar-refractivity contribution in [1.82, 2.24) is 19.2 Å². The number of rotatable bonds is 2. The highest BCUT2D eigenvalue weighted by atomic mass is 16.3. The first-order chi connectivity index (χ1) is 10.7. The maximum Gasteiger partial charge on any atom is 0.351 e. The van der Waals surface area contributed by atoms with E-state index >= 15 is 0 Å². The minimum absolute atomic E-state index is 0.138. The molecular formula is C17H26N4O2. The van der Waals surface area contributed by atoms with Gasteiger partial charge in [0.25, 0.3) is 0 Å². The molecule has 23 heavy (non-hydrogen) atoms. The lowest BCUT2D eigenvalue weighted by Crippen LogP contribution is -2.46. The number of nitrogens with zero attached hydrogens (tertiary/aromatic N) is 4. The third kappa shape index (κ3) is 2.92. The molecular weight excluding hydrogens is 292 g/mol. The molecule has 2 aromatic rings. The van der Waals surface area contributed by atoms with Crippen LogP contribution in [0.4, 0.5) is 0 Å². The van der Waals surface area contributed by atoms with Gasteiger partial charge in [0.05, 0.1) is 17.8 Å². The van der Waals surface area contributed by atoms with Gasteiger partial charge in [0.1, 0.15) is 6.33 Å². The normalized spacial score (nSPS) is 25.9. The molecule has 1 saturated carbocycles. The summed E-state index contributed by atoms with van der Waals surface area (Å²) in [5.74, 6) is 0.182. The summed E-state index contributed by atoms with van der Waals surface area (Å²) < 4.78 is 2.84. The molecule has 6 nitrogen and oxygen atoms in total. The minimum Gasteiger partial charge on any atom is -0.388 e. The van der Waals surface area contributed by atoms with Crippen molar-refractivity contribution in [1.29, 1.82) is 0 Å². The van der Waals surface area contributed by atoms with Gasteiger partial charge in [-0.25, -0.2) is 9.78 Å². The van der Waals surface area contributed by atoms with E-state index in [1.165, 1.54) is 15.4 Å². The van der Waals surface area contributed by atoms with E-state index in [2.05, 4.69) is 37.8 Å². The summed E-state index contributed by atoms with van der Waals surface area (Å²) in [7, 11) is 0. The van der Waals surface area contributed by atoms with Crippen molar-refractivity contribution in [3.8, 4) is 0 Å². The Morgan fingerprint density at radius 3 is 2.78 bits per heavy atom. The molecule has 0 amide bonds. The quantitative estimate of drug-likeness (QED) is 0.920. The van der Waals surface area contributed by atoms with Gasteiger partial charge >= 0.3 is 5.69 Å². The van der Waals surface area contributed by atoms with Crippen LogP contribution in [0.1, 0.15) is 59.1 Å². The van der Waals surface area contributed by atoms with Crippen LogP contribution in [-0.2, 0) is 12.0 Å². The number of aromatic nitrogens is 4. The van der Waals surface area contributed by atoms with E-state index in [9.17, 15) is 9.90 Å². The summed E-state index contributed by atoms with van der Waals surface area (Å²) in [6, 6.07) is 1.85. The van der Waals surface area contributed by atoms with Crippen LogP contribution in [0.3, 0.4) is 0 Å². The molecule has 0 aromatic carbocycles. The van der Waals surface area contributed by atoms with Crippen molar-refractivity contribution < 1.29 is 5.11 Å². The van der Waals surface area contributed by atoms with Crippen LogP contribution >= 0.6 is 0 Å². The zero-order valence-electron chi connectivity index (χ0n) is 14.4. The van der Waals surface area contributed by atoms with Gasteiger partial charge in [0.2, 0.25) is 0 Å². The fourth-order valence-corrected chi connectivity index (χ4v) is 3.31. The van der Waals surface area contributed by atoms with Gasteiger partial charge in [-0.3, -0.25) is 4.57 Å². The highest BCUT2D eigenvalue weighted by Gasteiger charge is 2.36. The second-order valence-electron chi connectivity index (χ2n) is 7.96. The molecule has 2 atom stereocenters. The number of fused-ring (bicyclic) bond motifs is 1. The van der Waals surface area contributed by atoms with Crippen molar-refractivity contribution >= 4 is 5.65 Å². The molecule has 0 saturated heterocycles. The van der Waals surface area contributed by atoms with Crippen LogP contribution < -0.4 is 5.69 Å². The lowest BCUT2D eigenvalue weighted by molar-refractivity contribution is -0.0558. The summed E-state index contributed by atoms with van der Waals surface area (Å²) in [4.78, 5) is 17.1. The van der Waals surface area contributed by atoms with Crippen molar-refractivity contribution in [3.05, 3.63) is 28.6 Å². The van der Waals surface area contributed by atoms with Crippen LogP contribution in [0.2, 0.25) is 0 Å². The first kappa shape index (κ1) is 16.2.